The van der Waals surface area contributed by atoms with Gasteiger partial charge in [-0.15, -0.1) is 0 Å². The number of methoxy groups -OCH3 is 2. The highest BCUT2D eigenvalue weighted by molar-refractivity contribution is 5.69. The minimum absolute atomic E-state index is 0.625. The molecular weight excluding hydrogens is 240 g/mol. The number of hydrogen-bond acceptors (Lipinski definition) is 4. The standard InChI is InChI=1S/C15H22N2O2/c1-10-11(2)14(19-7)12(8-13(10)18-6)17(5)15(3,4)9-16/h8H,1-7H3. The largest absolute Gasteiger partial charge is 0.496 e. The Bertz CT molecular complexity index is 516. The first kappa shape index (κ1) is 15.2. The van der Waals surface area contributed by atoms with Gasteiger partial charge in [0.25, 0.3) is 0 Å². The topological polar surface area (TPSA) is 45.5 Å². The van der Waals surface area contributed by atoms with Gasteiger partial charge in [0.1, 0.15) is 17.0 Å². The molecule has 0 spiro atoms. The molecule has 0 aliphatic heterocycles. The Labute approximate surface area is 115 Å². The summed E-state index contributed by atoms with van der Waals surface area (Å²) in [5, 5.41) is 9.28. The van der Waals surface area contributed by atoms with Crippen LogP contribution in [-0.2, 0) is 0 Å². The molecule has 4 nitrogen and oxygen atoms in total. The van der Waals surface area contributed by atoms with E-state index < -0.39 is 5.54 Å². The summed E-state index contributed by atoms with van der Waals surface area (Å²) in [6.07, 6.45) is 0. The van der Waals surface area contributed by atoms with Crippen LogP contribution < -0.4 is 14.4 Å². The van der Waals surface area contributed by atoms with Gasteiger partial charge in [-0.3, -0.25) is 0 Å². The molecule has 0 unspecified atom stereocenters. The molecule has 0 bridgehead atoms. The van der Waals surface area contributed by atoms with Crippen molar-refractivity contribution in [2.45, 2.75) is 33.2 Å². The minimum atomic E-state index is -0.625. The van der Waals surface area contributed by atoms with Gasteiger partial charge in [0.05, 0.1) is 26.0 Å². The van der Waals surface area contributed by atoms with Crippen LogP contribution in [0, 0.1) is 25.2 Å². The smallest absolute Gasteiger partial charge is 0.145 e. The third kappa shape index (κ3) is 2.60. The molecule has 0 aliphatic carbocycles. The molecule has 1 aromatic rings. The fourth-order valence-electron chi connectivity index (χ4n) is 1.94. The van der Waals surface area contributed by atoms with Gasteiger partial charge in [0.2, 0.25) is 0 Å². The number of anilines is 1. The van der Waals surface area contributed by atoms with Crippen molar-refractivity contribution < 1.29 is 9.47 Å². The fourth-order valence-corrected chi connectivity index (χ4v) is 1.94. The van der Waals surface area contributed by atoms with E-state index in [1.165, 1.54) is 0 Å². The lowest BCUT2D eigenvalue weighted by Gasteiger charge is -2.33. The Morgan fingerprint density at radius 3 is 2.16 bits per heavy atom. The first-order chi connectivity index (χ1) is 8.80. The monoisotopic (exact) mass is 262 g/mol. The SMILES string of the molecule is COc1cc(N(C)C(C)(C)C#N)c(OC)c(C)c1C. The predicted octanol–water partition coefficient (Wildman–Crippen LogP) is 3.06. The molecule has 0 aromatic heterocycles. The Balaban J connectivity index is 3.51. The van der Waals surface area contributed by atoms with Crippen molar-refractivity contribution in [2.75, 3.05) is 26.2 Å². The summed E-state index contributed by atoms with van der Waals surface area (Å²) in [7, 11) is 5.17. The van der Waals surface area contributed by atoms with Crippen molar-refractivity contribution in [3.63, 3.8) is 0 Å². The lowest BCUT2D eigenvalue weighted by Crippen LogP contribution is -2.40. The zero-order chi connectivity index (χ0) is 14.8. The molecular formula is C15H22N2O2. The highest BCUT2D eigenvalue weighted by atomic mass is 16.5. The molecule has 1 aromatic carbocycles. The molecule has 104 valence electrons. The second kappa shape index (κ2) is 5.40. The number of rotatable bonds is 4. The van der Waals surface area contributed by atoms with Crippen LogP contribution >= 0.6 is 0 Å². The van der Waals surface area contributed by atoms with Crippen molar-refractivity contribution in [1.29, 1.82) is 5.26 Å². The summed E-state index contributed by atoms with van der Waals surface area (Å²) < 4.78 is 10.9. The molecule has 1 rings (SSSR count). The Kier molecular flexibility index (Phi) is 4.31. The summed E-state index contributed by atoms with van der Waals surface area (Å²) in [5.74, 6) is 1.58. The van der Waals surface area contributed by atoms with Crippen molar-refractivity contribution >= 4 is 5.69 Å². The minimum Gasteiger partial charge on any atom is -0.496 e. The van der Waals surface area contributed by atoms with E-state index in [0.29, 0.717) is 0 Å². The Hall–Kier alpha value is -1.89. The van der Waals surface area contributed by atoms with E-state index >= 15 is 0 Å². The van der Waals surface area contributed by atoms with Gasteiger partial charge in [-0.1, -0.05) is 0 Å². The van der Waals surface area contributed by atoms with E-state index in [-0.39, 0.29) is 0 Å². The number of nitrogens with zero attached hydrogens (tertiary/aromatic N) is 2. The molecule has 0 amide bonds. The number of hydrogen-bond donors (Lipinski definition) is 0. The number of ether oxygens (including phenoxy) is 2. The van der Waals surface area contributed by atoms with Gasteiger partial charge in [0, 0.05) is 13.1 Å². The predicted molar refractivity (Wildman–Crippen MR) is 77.1 cm³/mol. The van der Waals surface area contributed by atoms with Crippen LogP contribution in [0.1, 0.15) is 25.0 Å². The molecule has 0 saturated carbocycles. The van der Waals surface area contributed by atoms with Crippen LogP contribution in [0.2, 0.25) is 0 Å². The quantitative estimate of drug-likeness (QED) is 0.836. The summed E-state index contributed by atoms with van der Waals surface area (Å²) in [6, 6.07) is 4.21. The van der Waals surface area contributed by atoms with Crippen LogP contribution in [0.5, 0.6) is 11.5 Å². The Morgan fingerprint density at radius 2 is 1.74 bits per heavy atom. The van der Waals surface area contributed by atoms with Crippen LogP contribution in [0.3, 0.4) is 0 Å². The van der Waals surface area contributed by atoms with Gasteiger partial charge in [-0.05, 0) is 38.8 Å². The van der Waals surface area contributed by atoms with Gasteiger partial charge in [-0.25, -0.2) is 0 Å². The zero-order valence-corrected chi connectivity index (χ0v) is 12.8. The normalized spacial score (nSPS) is 10.8. The van der Waals surface area contributed by atoms with Crippen molar-refractivity contribution in [1.82, 2.24) is 0 Å². The average Bonchev–Trinajstić information content (AvgIpc) is 2.40. The first-order valence-electron chi connectivity index (χ1n) is 6.17. The van der Waals surface area contributed by atoms with E-state index in [9.17, 15) is 5.26 Å². The van der Waals surface area contributed by atoms with E-state index in [0.717, 1.165) is 28.3 Å². The lowest BCUT2D eigenvalue weighted by molar-refractivity contribution is 0.396. The summed E-state index contributed by atoms with van der Waals surface area (Å²) in [4.78, 5) is 1.90. The summed E-state index contributed by atoms with van der Waals surface area (Å²) in [6.45, 7) is 7.73. The van der Waals surface area contributed by atoms with Gasteiger partial charge in [-0.2, -0.15) is 5.26 Å². The number of benzene rings is 1. The molecule has 4 heteroatoms. The van der Waals surface area contributed by atoms with Crippen molar-refractivity contribution in [3.05, 3.63) is 17.2 Å². The van der Waals surface area contributed by atoms with Gasteiger partial charge < -0.3 is 14.4 Å². The van der Waals surface area contributed by atoms with Crippen molar-refractivity contribution in [3.8, 4) is 17.6 Å². The van der Waals surface area contributed by atoms with Crippen LogP contribution in [0.25, 0.3) is 0 Å². The average molecular weight is 262 g/mol. The molecule has 0 saturated heterocycles. The molecule has 19 heavy (non-hydrogen) atoms. The van der Waals surface area contributed by atoms with E-state index in [2.05, 4.69) is 6.07 Å². The third-order valence-corrected chi connectivity index (χ3v) is 3.67. The highest BCUT2D eigenvalue weighted by Gasteiger charge is 2.27. The number of nitriles is 1. The fraction of sp³-hybridized carbons (Fsp3) is 0.533. The van der Waals surface area contributed by atoms with Crippen LogP contribution in [0.15, 0.2) is 6.07 Å². The van der Waals surface area contributed by atoms with Crippen LogP contribution in [-0.4, -0.2) is 26.8 Å². The Morgan fingerprint density at radius 1 is 1.16 bits per heavy atom. The maximum atomic E-state index is 9.28. The molecule has 0 radical (unpaired) electrons. The molecule has 0 aliphatic rings. The van der Waals surface area contributed by atoms with E-state index in [4.69, 9.17) is 9.47 Å². The highest BCUT2D eigenvalue weighted by Crippen LogP contribution is 2.40. The second-order valence-electron chi connectivity index (χ2n) is 5.11. The van der Waals surface area contributed by atoms with Crippen LogP contribution in [0.4, 0.5) is 5.69 Å². The van der Waals surface area contributed by atoms with Gasteiger partial charge >= 0.3 is 0 Å². The first-order valence-corrected chi connectivity index (χ1v) is 6.17. The zero-order valence-electron chi connectivity index (χ0n) is 12.8. The molecule has 0 fully saturated rings. The van der Waals surface area contributed by atoms with E-state index in [1.54, 1.807) is 14.2 Å². The maximum absolute atomic E-state index is 9.28. The molecule has 0 atom stereocenters. The molecule has 0 heterocycles. The maximum Gasteiger partial charge on any atom is 0.145 e. The lowest BCUT2D eigenvalue weighted by atomic mass is 10.0. The molecule has 0 N–H and O–H groups in total. The third-order valence-electron chi connectivity index (χ3n) is 3.67. The van der Waals surface area contributed by atoms with Gasteiger partial charge in [0.15, 0.2) is 0 Å². The van der Waals surface area contributed by atoms with E-state index in [1.807, 2.05) is 45.7 Å². The van der Waals surface area contributed by atoms with Crippen molar-refractivity contribution in [2.24, 2.45) is 0 Å². The summed E-state index contributed by atoms with van der Waals surface area (Å²) >= 11 is 0. The summed E-state index contributed by atoms with van der Waals surface area (Å²) in [5.41, 5.74) is 2.30. The second-order valence-corrected chi connectivity index (χ2v) is 5.11.